The van der Waals surface area contributed by atoms with Gasteiger partial charge in [-0.2, -0.15) is 0 Å². The SMILES string of the molecule is Cc1oc(C)c(C(O)CC2Cc3ccccc32)c1C. The molecule has 0 radical (unpaired) electrons. The highest BCUT2D eigenvalue weighted by atomic mass is 16.3. The number of hydrogen-bond donors (Lipinski definition) is 1. The minimum atomic E-state index is -0.421. The van der Waals surface area contributed by atoms with E-state index in [1.165, 1.54) is 11.1 Å². The Morgan fingerprint density at radius 3 is 2.58 bits per heavy atom. The van der Waals surface area contributed by atoms with Crippen molar-refractivity contribution in [1.82, 2.24) is 0 Å². The molecule has 1 aromatic heterocycles. The summed E-state index contributed by atoms with van der Waals surface area (Å²) in [5.41, 5.74) is 4.91. The minimum absolute atomic E-state index is 0.421. The average molecular weight is 256 g/mol. The molecule has 19 heavy (non-hydrogen) atoms. The normalized spacial score (nSPS) is 18.8. The van der Waals surface area contributed by atoms with Crippen molar-refractivity contribution in [2.75, 3.05) is 0 Å². The van der Waals surface area contributed by atoms with Crippen LogP contribution in [-0.4, -0.2) is 5.11 Å². The number of aryl methyl sites for hydroxylation is 2. The van der Waals surface area contributed by atoms with Gasteiger partial charge >= 0.3 is 0 Å². The Kier molecular flexibility index (Phi) is 2.98. The van der Waals surface area contributed by atoms with E-state index in [4.69, 9.17) is 4.42 Å². The molecule has 0 fully saturated rings. The predicted octanol–water partition coefficient (Wildman–Crippen LogP) is 3.97. The van der Waals surface area contributed by atoms with Gasteiger partial charge in [0, 0.05) is 5.56 Å². The maximum atomic E-state index is 10.5. The summed E-state index contributed by atoms with van der Waals surface area (Å²) in [5.74, 6) is 2.26. The van der Waals surface area contributed by atoms with E-state index in [-0.39, 0.29) is 0 Å². The molecule has 0 saturated heterocycles. The molecule has 1 aliphatic rings. The van der Waals surface area contributed by atoms with Crippen LogP contribution in [0.4, 0.5) is 0 Å². The predicted molar refractivity (Wildman–Crippen MR) is 75.4 cm³/mol. The second-order valence-electron chi connectivity index (χ2n) is 5.60. The van der Waals surface area contributed by atoms with Crippen LogP contribution in [0.15, 0.2) is 28.7 Å². The molecule has 100 valence electrons. The first kappa shape index (κ1) is 12.5. The van der Waals surface area contributed by atoms with Crippen molar-refractivity contribution in [2.24, 2.45) is 0 Å². The number of aliphatic hydroxyl groups excluding tert-OH is 1. The van der Waals surface area contributed by atoms with Gasteiger partial charge in [-0.3, -0.25) is 0 Å². The van der Waals surface area contributed by atoms with E-state index in [1.807, 2.05) is 20.8 Å². The van der Waals surface area contributed by atoms with Crippen molar-refractivity contribution in [3.63, 3.8) is 0 Å². The standard InChI is InChI=1S/C17H20O2/c1-10-11(2)19-12(3)17(10)16(18)9-14-8-13-6-4-5-7-15(13)14/h4-7,14,16,18H,8-9H2,1-3H3. The Balaban J connectivity index is 1.78. The lowest BCUT2D eigenvalue weighted by Gasteiger charge is -2.31. The average Bonchev–Trinajstić information content (AvgIpc) is 2.60. The third-order valence-corrected chi connectivity index (χ3v) is 4.42. The Hall–Kier alpha value is -1.54. The quantitative estimate of drug-likeness (QED) is 0.901. The van der Waals surface area contributed by atoms with Gasteiger partial charge in [0.05, 0.1) is 6.10 Å². The first-order chi connectivity index (χ1) is 9.08. The van der Waals surface area contributed by atoms with Crippen molar-refractivity contribution in [2.45, 2.75) is 45.6 Å². The summed E-state index contributed by atoms with van der Waals surface area (Å²) in [5, 5.41) is 10.5. The number of fused-ring (bicyclic) bond motifs is 1. The number of rotatable bonds is 3. The summed E-state index contributed by atoms with van der Waals surface area (Å²) in [6.07, 6.45) is 1.45. The molecule has 2 heteroatoms. The molecule has 1 aromatic carbocycles. The van der Waals surface area contributed by atoms with Crippen LogP contribution in [0.25, 0.3) is 0 Å². The molecule has 0 saturated carbocycles. The lowest BCUT2D eigenvalue weighted by molar-refractivity contribution is 0.151. The molecule has 2 aromatic rings. The third-order valence-electron chi connectivity index (χ3n) is 4.42. The molecular formula is C17H20O2. The fourth-order valence-corrected chi connectivity index (χ4v) is 3.26. The van der Waals surface area contributed by atoms with Crippen molar-refractivity contribution in [1.29, 1.82) is 0 Å². The lowest BCUT2D eigenvalue weighted by atomic mass is 9.74. The van der Waals surface area contributed by atoms with Gasteiger partial charge in [-0.1, -0.05) is 24.3 Å². The van der Waals surface area contributed by atoms with Crippen molar-refractivity contribution < 1.29 is 9.52 Å². The summed E-state index contributed by atoms with van der Waals surface area (Å²) in [6, 6.07) is 8.52. The number of aliphatic hydroxyl groups is 1. The van der Waals surface area contributed by atoms with Gasteiger partial charge in [0.1, 0.15) is 11.5 Å². The largest absolute Gasteiger partial charge is 0.466 e. The molecule has 2 unspecified atom stereocenters. The molecule has 1 aliphatic carbocycles. The molecule has 1 heterocycles. The molecule has 3 rings (SSSR count). The zero-order valence-corrected chi connectivity index (χ0v) is 11.7. The number of hydrogen-bond acceptors (Lipinski definition) is 2. The molecule has 2 atom stereocenters. The van der Waals surface area contributed by atoms with Crippen LogP contribution >= 0.6 is 0 Å². The second kappa shape index (κ2) is 4.53. The lowest BCUT2D eigenvalue weighted by Crippen LogP contribution is -2.19. The summed E-state index contributed by atoms with van der Waals surface area (Å²) in [4.78, 5) is 0. The van der Waals surface area contributed by atoms with Gasteiger partial charge in [0.2, 0.25) is 0 Å². The van der Waals surface area contributed by atoms with Gasteiger partial charge in [-0.05, 0) is 56.2 Å². The molecule has 0 bridgehead atoms. The number of benzene rings is 1. The van der Waals surface area contributed by atoms with Gasteiger partial charge in [0.15, 0.2) is 0 Å². The van der Waals surface area contributed by atoms with E-state index in [2.05, 4.69) is 24.3 Å². The monoisotopic (exact) mass is 256 g/mol. The Bertz CT molecular complexity index is 610. The Morgan fingerprint density at radius 2 is 1.95 bits per heavy atom. The van der Waals surface area contributed by atoms with Crippen molar-refractivity contribution in [3.05, 3.63) is 58.0 Å². The highest BCUT2D eigenvalue weighted by Crippen LogP contribution is 2.42. The highest BCUT2D eigenvalue weighted by Gasteiger charge is 2.29. The van der Waals surface area contributed by atoms with Crippen LogP contribution in [0, 0.1) is 20.8 Å². The van der Waals surface area contributed by atoms with E-state index in [0.717, 1.165) is 35.5 Å². The second-order valence-corrected chi connectivity index (χ2v) is 5.60. The van der Waals surface area contributed by atoms with E-state index < -0.39 is 6.10 Å². The summed E-state index contributed by atoms with van der Waals surface area (Å²) < 4.78 is 5.61. The topological polar surface area (TPSA) is 33.4 Å². The first-order valence-corrected chi connectivity index (χ1v) is 6.90. The molecule has 0 aliphatic heterocycles. The minimum Gasteiger partial charge on any atom is -0.466 e. The van der Waals surface area contributed by atoms with Crippen LogP contribution < -0.4 is 0 Å². The molecule has 0 amide bonds. The molecule has 1 N–H and O–H groups in total. The van der Waals surface area contributed by atoms with Crippen LogP contribution in [-0.2, 0) is 6.42 Å². The maximum Gasteiger partial charge on any atom is 0.107 e. The van der Waals surface area contributed by atoms with Crippen molar-refractivity contribution >= 4 is 0 Å². The van der Waals surface area contributed by atoms with Crippen molar-refractivity contribution in [3.8, 4) is 0 Å². The van der Waals surface area contributed by atoms with E-state index >= 15 is 0 Å². The fourth-order valence-electron chi connectivity index (χ4n) is 3.26. The van der Waals surface area contributed by atoms with Gasteiger partial charge in [-0.15, -0.1) is 0 Å². The van der Waals surface area contributed by atoms with Crippen LogP contribution in [0.2, 0.25) is 0 Å². The van der Waals surface area contributed by atoms with E-state index in [0.29, 0.717) is 5.92 Å². The number of furan rings is 1. The third kappa shape index (κ3) is 2.00. The maximum absolute atomic E-state index is 10.5. The van der Waals surface area contributed by atoms with Crippen LogP contribution in [0.5, 0.6) is 0 Å². The summed E-state index contributed by atoms with van der Waals surface area (Å²) >= 11 is 0. The molecule has 0 spiro atoms. The van der Waals surface area contributed by atoms with E-state index in [9.17, 15) is 5.11 Å². The van der Waals surface area contributed by atoms with Gasteiger partial charge in [-0.25, -0.2) is 0 Å². The summed E-state index contributed by atoms with van der Waals surface area (Å²) in [6.45, 7) is 5.92. The summed E-state index contributed by atoms with van der Waals surface area (Å²) in [7, 11) is 0. The Labute approximate surface area is 114 Å². The van der Waals surface area contributed by atoms with Crippen LogP contribution in [0.3, 0.4) is 0 Å². The highest BCUT2D eigenvalue weighted by molar-refractivity contribution is 5.41. The van der Waals surface area contributed by atoms with Gasteiger partial charge < -0.3 is 9.52 Å². The van der Waals surface area contributed by atoms with Gasteiger partial charge in [0.25, 0.3) is 0 Å². The van der Waals surface area contributed by atoms with E-state index in [1.54, 1.807) is 0 Å². The fraction of sp³-hybridized carbons (Fsp3) is 0.412. The first-order valence-electron chi connectivity index (χ1n) is 6.90. The smallest absolute Gasteiger partial charge is 0.107 e. The molecular weight excluding hydrogens is 236 g/mol. The van der Waals surface area contributed by atoms with Crippen LogP contribution in [0.1, 0.15) is 52.2 Å². The zero-order chi connectivity index (χ0) is 13.6. The Morgan fingerprint density at radius 1 is 1.21 bits per heavy atom. The molecule has 2 nitrogen and oxygen atoms in total. The zero-order valence-electron chi connectivity index (χ0n) is 11.7.